The van der Waals surface area contributed by atoms with E-state index >= 15 is 0 Å². The monoisotopic (exact) mass is 759 g/mol. The normalized spacial score (nSPS) is 52.4. The molecular formula is C51H74N4O. The highest BCUT2D eigenvalue weighted by atomic mass is 16.5. The molecule has 0 amide bonds. The number of nitrogens with zero attached hydrogens (tertiary/aromatic N) is 1. The number of nitriles is 1. The Morgan fingerprint density at radius 2 is 1.45 bits per heavy atom. The molecule has 2 aliphatic heterocycles. The van der Waals surface area contributed by atoms with E-state index < -0.39 is 0 Å². The van der Waals surface area contributed by atoms with Crippen molar-refractivity contribution in [2.24, 2.45) is 82.3 Å². The van der Waals surface area contributed by atoms with Crippen molar-refractivity contribution in [3.63, 3.8) is 0 Å². The van der Waals surface area contributed by atoms with Crippen molar-refractivity contribution in [2.75, 3.05) is 0 Å². The van der Waals surface area contributed by atoms with Crippen molar-refractivity contribution in [1.29, 1.82) is 5.26 Å². The van der Waals surface area contributed by atoms with E-state index in [2.05, 4.69) is 64.6 Å². The van der Waals surface area contributed by atoms with Gasteiger partial charge in [-0.1, -0.05) is 68.2 Å². The van der Waals surface area contributed by atoms with Crippen LogP contribution in [0.3, 0.4) is 0 Å². The van der Waals surface area contributed by atoms with Gasteiger partial charge in [0.25, 0.3) is 0 Å². The average Bonchev–Trinajstić information content (AvgIpc) is 3.56. The fourth-order valence-corrected chi connectivity index (χ4v) is 17.4. The number of fused-ring (bicyclic) bond motifs is 11. The summed E-state index contributed by atoms with van der Waals surface area (Å²) < 4.78 is 7.23. The Morgan fingerprint density at radius 1 is 0.607 bits per heavy atom. The second kappa shape index (κ2) is 15.7. The molecule has 19 unspecified atom stereocenters. The maximum Gasteiger partial charge on any atom is 0.0818 e. The third kappa shape index (κ3) is 6.26. The molecule has 0 radical (unpaired) electrons. The lowest BCUT2D eigenvalue weighted by Crippen LogP contribution is -2.71. The van der Waals surface area contributed by atoms with Crippen molar-refractivity contribution in [2.45, 2.75) is 178 Å². The molecule has 9 aliphatic carbocycles. The predicted octanol–water partition coefficient (Wildman–Crippen LogP) is 10.7. The number of rotatable bonds is 4. The molecule has 0 bridgehead atoms. The SMILES string of the molecule is N#CC1CC2C(C3CCCCC13)C1CC(C3C=CCC(C4NC(C5=CCCCC5)NC(C5CC=CCC5)N4)C3)CCC1C21C2C=CCCC2OC2CCCCC21. The fraction of sp³-hybridized carbons (Fsp3) is 0.824. The average molecular weight is 759 g/mol. The fourth-order valence-electron chi connectivity index (χ4n) is 17.4. The first-order valence-electron chi connectivity index (χ1n) is 24.7. The van der Waals surface area contributed by atoms with Crippen molar-refractivity contribution in [3.8, 4) is 6.07 Å². The van der Waals surface area contributed by atoms with Crippen molar-refractivity contribution >= 4 is 0 Å². The molecule has 0 aromatic rings. The summed E-state index contributed by atoms with van der Waals surface area (Å²) in [6.45, 7) is 0. The largest absolute Gasteiger partial charge is 0.374 e. The van der Waals surface area contributed by atoms with Gasteiger partial charge in [-0.25, -0.2) is 0 Å². The molecule has 2 heterocycles. The molecule has 5 saturated carbocycles. The van der Waals surface area contributed by atoms with Gasteiger partial charge in [0.1, 0.15) is 0 Å². The van der Waals surface area contributed by atoms with Gasteiger partial charge in [0.2, 0.25) is 0 Å². The van der Waals surface area contributed by atoms with E-state index in [0.717, 1.165) is 35.5 Å². The number of allylic oxidation sites excluding steroid dienone is 6. The van der Waals surface area contributed by atoms with Gasteiger partial charge in [-0.2, -0.15) is 5.26 Å². The first-order valence-corrected chi connectivity index (χ1v) is 24.7. The number of ether oxygens (including phenoxy) is 1. The number of hydrogen-bond donors (Lipinski definition) is 3. The minimum absolute atomic E-state index is 0.277. The summed E-state index contributed by atoms with van der Waals surface area (Å²) in [5, 5.41) is 23.4. The highest BCUT2D eigenvalue weighted by molar-refractivity contribution is 5.25. The second-order valence-corrected chi connectivity index (χ2v) is 21.5. The van der Waals surface area contributed by atoms with E-state index in [-0.39, 0.29) is 5.92 Å². The van der Waals surface area contributed by atoms with Crippen LogP contribution < -0.4 is 16.0 Å². The van der Waals surface area contributed by atoms with Gasteiger partial charge in [0, 0.05) is 11.8 Å². The number of nitrogens with one attached hydrogen (secondary N) is 3. The topological polar surface area (TPSA) is 69.1 Å². The molecule has 11 rings (SSSR count). The standard InChI is InChI=1S/C51H74N4O/c52-31-37-30-44-47(39-21-8-7-20-38(37)39)40-29-35(26-27-41(40)51(44)42-22-9-11-24-45(42)56-46-25-12-10-23-43(46)51)34-18-13-19-36(28-34)50-54-48(32-14-3-1-4-15-32)53-49(55-50)33-16-5-2-6-17-33/h1,3,9,13,16,18,22,32,34-50,53-55H,2,4-8,10-12,14-15,17,19-21,23-30H2. The zero-order valence-corrected chi connectivity index (χ0v) is 34.6. The molecule has 2 saturated heterocycles. The Morgan fingerprint density at radius 3 is 2.30 bits per heavy atom. The van der Waals surface area contributed by atoms with Gasteiger partial charge in [-0.15, -0.1) is 0 Å². The maximum absolute atomic E-state index is 10.9. The highest BCUT2D eigenvalue weighted by Crippen LogP contribution is 2.76. The molecule has 5 nitrogen and oxygen atoms in total. The Bertz CT molecular complexity index is 1590. The molecule has 7 fully saturated rings. The molecule has 304 valence electrons. The summed E-state index contributed by atoms with van der Waals surface area (Å²) in [6, 6.07) is 3.03. The molecule has 0 aromatic heterocycles. The Kier molecular flexibility index (Phi) is 10.5. The van der Waals surface area contributed by atoms with E-state index in [9.17, 15) is 5.26 Å². The van der Waals surface area contributed by atoms with Crippen molar-refractivity contribution in [1.82, 2.24) is 16.0 Å². The first kappa shape index (κ1) is 37.3. The Labute approximate surface area is 339 Å². The van der Waals surface area contributed by atoms with E-state index in [4.69, 9.17) is 4.74 Å². The first-order chi connectivity index (χ1) is 27.7. The van der Waals surface area contributed by atoms with Crippen LogP contribution in [-0.4, -0.2) is 30.7 Å². The van der Waals surface area contributed by atoms with Crippen molar-refractivity contribution in [3.05, 3.63) is 48.1 Å². The third-order valence-corrected chi connectivity index (χ3v) is 19.4. The zero-order valence-electron chi connectivity index (χ0n) is 34.6. The summed E-state index contributed by atoms with van der Waals surface area (Å²) in [5.41, 5.74) is 1.98. The Hall–Kier alpha value is -1.71. The molecule has 3 N–H and O–H groups in total. The van der Waals surface area contributed by atoms with Crippen LogP contribution in [0.1, 0.15) is 148 Å². The van der Waals surface area contributed by atoms with Crippen LogP contribution >= 0.6 is 0 Å². The smallest absolute Gasteiger partial charge is 0.0818 e. The zero-order chi connectivity index (χ0) is 37.2. The van der Waals surface area contributed by atoms with Crippen LogP contribution in [0.4, 0.5) is 0 Å². The van der Waals surface area contributed by atoms with Crippen molar-refractivity contribution < 1.29 is 4.74 Å². The van der Waals surface area contributed by atoms with Gasteiger partial charge in [-0.05, 0) is 198 Å². The summed E-state index contributed by atoms with van der Waals surface area (Å²) in [7, 11) is 0. The lowest BCUT2D eigenvalue weighted by atomic mass is 9.45. The van der Waals surface area contributed by atoms with Gasteiger partial charge in [0.05, 0.1) is 36.8 Å². The lowest BCUT2D eigenvalue weighted by molar-refractivity contribution is -0.227. The molecule has 11 aliphatic rings. The molecule has 5 heteroatoms. The van der Waals surface area contributed by atoms with E-state index in [0.29, 0.717) is 71.6 Å². The van der Waals surface area contributed by atoms with E-state index in [1.54, 1.807) is 5.57 Å². The van der Waals surface area contributed by atoms with Crippen LogP contribution in [0.2, 0.25) is 0 Å². The molecular weight excluding hydrogens is 685 g/mol. The molecule has 0 aromatic carbocycles. The summed E-state index contributed by atoms with van der Waals surface area (Å²) in [5.74, 6) is 9.03. The van der Waals surface area contributed by atoms with Crippen LogP contribution in [0.5, 0.6) is 0 Å². The molecule has 1 spiro atoms. The molecule has 56 heavy (non-hydrogen) atoms. The Balaban J connectivity index is 0.892. The van der Waals surface area contributed by atoms with E-state index in [1.165, 1.54) is 148 Å². The third-order valence-electron chi connectivity index (χ3n) is 19.4. The highest BCUT2D eigenvalue weighted by Gasteiger charge is 2.72. The maximum atomic E-state index is 10.9. The summed E-state index contributed by atoms with van der Waals surface area (Å²) in [4.78, 5) is 0. The van der Waals surface area contributed by atoms with Crippen LogP contribution in [-0.2, 0) is 4.74 Å². The van der Waals surface area contributed by atoms with Gasteiger partial charge in [-0.3, -0.25) is 16.0 Å². The minimum Gasteiger partial charge on any atom is -0.374 e. The lowest BCUT2D eigenvalue weighted by Gasteiger charge is -2.63. The van der Waals surface area contributed by atoms with Gasteiger partial charge in [0.15, 0.2) is 0 Å². The summed E-state index contributed by atoms with van der Waals surface area (Å²) in [6.07, 6.45) is 50.2. The quantitative estimate of drug-likeness (QED) is 0.249. The van der Waals surface area contributed by atoms with E-state index in [1.807, 2.05) is 0 Å². The number of hydrogen-bond acceptors (Lipinski definition) is 5. The minimum atomic E-state index is 0.277. The molecule has 19 atom stereocenters. The van der Waals surface area contributed by atoms with Gasteiger partial charge >= 0.3 is 0 Å². The predicted molar refractivity (Wildman–Crippen MR) is 225 cm³/mol. The van der Waals surface area contributed by atoms with Crippen LogP contribution in [0, 0.1) is 93.7 Å². The van der Waals surface area contributed by atoms with Crippen LogP contribution in [0.15, 0.2) is 48.1 Å². The van der Waals surface area contributed by atoms with Crippen LogP contribution in [0.25, 0.3) is 0 Å². The summed E-state index contributed by atoms with van der Waals surface area (Å²) >= 11 is 0. The van der Waals surface area contributed by atoms with Gasteiger partial charge < -0.3 is 4.74 Å². The second-order valence-electron chi connectivity index (χ2n) is 21.5.